The van der Waals surface area contributed by atoms with Gasteiger partial charge in [0.05, 0.1) is 0 Å². The Balaban J connectivity index is 1.51. The number of nitrogens with zero attached hydrogens (tertiary/aromatic N) is 2. The van der Waals surface area contributed by atoms with Crippen LogP contribution in [0.25, 0.3) is 0 Å². The lowest BCUT2D eigenvalue weighted by Crippen LogP contribution is -2.53. The monoisotopic (exact) mass is 287 g/mol. The summed E-state index contributed by atoms with van der Waals surface area (Å²) in [6.45, 7) is 10.4. The molecule has 1 atom stereocenters. The first kappa shape index (κ1) is 14.9. The molecule has 1 saturated carbocycles. The highest BCUT2D eigenvalue weighted by Crippen LogP contribution is 2.21. The van der Waals surface area contributed by atoms with Gasteiger partial charge in [-0.1, -0.05) is 19.1 Å². The highest BCUT2D eigenvalue weighted by molar-refractivity contribution is 5.48. The van der Waals surface area contributed by atoms with Crippen LogP contribution in [0.2, 0.25) is 0 Å². The average Bonchev–Trinajstić information content (AvgIpc) is 3.33. The number of anilines is 1. The van der Waals surface area contributed by atoms with Gasteiger partial charge in [0.25, 0.3) is 0 Å². The van der Waals surface area contributed by atoms with Crippen LogP contribution in [0.5, 0.6) is 0 Å². The predicted octanol–water partition coefficient (Wildman–Crippen LogP) is 2.65. The van der Waals surface area contributed by atoms with Crippen LogP contribution in [0.15, 0.2) is 24.3 Å². The molecule has 116 valence electrons. The molecule has 2 aliphatic rings. The molecular weight excluding hydrogens is 258 g/mol. The fraction of sp³-hybridized carbons (Fsp3) is 0.667. The van der Waals surface area contributed by atoms with E-state index in [9.17, 15) is 0 Å². The third-order valence-electron chi connectivity index (χ3n) is 4.89. The van der Waals surface area contributed by atoms with E-state index in [1.54, 1.807) is 0 Å². The molecule has 1 aliphatic heterocycles. The summed E-state index contributed by atoms with van der Waals surface area (Å²) in [5.41, 5.74) is 2.74. The second kappa shape index (κ2) is 6.80. The number of benzene rings is 1. The number of rotatable bonds is 6. The van der Waals surface area contributed by atoms with Gasteiger partial charge in [0.15, 0.2) is 0 Å². The largest absolute Gasteiger partial charge is 0.369 e. The van der Waals surface area contributed by atoms with Crippen molar-refractivity contribution in [1.82, 2.24) is 10.2 Å². The molecule has 1 heterocycles. The van der Waals surface area contributed by atoms with Crippen molar-refractivity contribution in [3.05, 3.63) is 29.8 Å². The van der Waals surface area contributed by atoms with Gasteiger partial charge in [-0.2, -0.15) is 0 Å². The maximum Gasteiger partial charge on any atom is 0.0369 e. The number of piperazine rings is 1. The van der Waals surface area contributed by atoms with Crippen LogP contribution < -0.4 is 10.2 Å². The van der Waals surface area contributed by atoms with E-state index >= 15 is 0 Å². The first-order chi connectivity index (χ1) is 10.3. The van der Waals surface area contributed by atoms with Crippen molar-refractivity contribution >= 4 is 5.69 Å². The fourth-order valence-corrected chi connectivity index (χ4v) is 3.29. The Labute approximate surface area is 129 Å². The molecule has 1 aromatic carbocycles. The van der Waals surface area contributed by atoms with Crippen LogP contribution in [0.3, 0.4) is 0 Å². The summed E-state index contributed by atoms with van der Waals surface area (Å²) < 4.78 is 0. The number of nitrogens with one attached hydrogen (secondary N) is 1. The summed E-state index contributed by atoms with van der Waals surface area (Å²) >= 11 is 0. The molecule has 0 aromatic heterocycles. The lowest BCUT2D eigenvalue weighted by atomic mass is 10.1. The van der Waals surface area contributed by atoms with Crippen LogP contribution in [-0.2, 0) is 0 Å². The molecule has 3 rings (SSSR count). The fourth-order valence-electron chi connectivity index (χ4n) is 3.29. The molecule has 21 heavy (non-hydrogen) atoms. The molecule has 1 saturated heterocycles. The second-order valence-corrected chi connectivity index (χ2v) is 6.61. The first-order valence-electron chi connectivity index (χ1n) is 8.55. The van der Waals surface area contributed by atoms with Gasteiger partial charge in [0, 0.05) is 50.5 Å². The van der Waals surface area contributed by atoms with Crippen molar-refractivity contribution in [3.8, 4) is 0 Å². The SMILES string of the molecule is CCC(CNC1CC1)N1CCN(c2cccc(C)c2)CC1. The normalized spacial score (nSPS) is 21.5. The Morgan fingerprint density at radius 2 is 1.95 bits per heavy atom. The van der Waals surface area contributed by atoms with Crippen molar-refractivity contribution in [3.63, 3.8) is 0 Å². The van der Waals surface area contributed by atoms with Crippen molar-refractivity contribution in [1.29, 1.82) is 0 Å². The second-order valence-electron chi connectivity index (χ2n) is 6.61. The Morgan fingerprint density at radius 1 is 1.19 bits per heavy atom. The molecular formula is C18H29N3. The van der Waals surface area contributed by atoms with Crippen LogP contribution in [0, 0.1) is 6.92 Å². The van der Waals surface area contributed by atoms with Gasteiger partial charge >= 0.3 is 0 Å². The predicted molar refractivity (Wildman–Crippen MR) is 90.1 cm³/mol. The topological polar surface area (TPSA) is 18.5 Å². The minimum Gasteiger partial charge on any atom is -0.369 e. The zero-order valence-electron chi connectivity index (χ0n) is 13.5. The summed E-state index contributed by atoms with van der Waals surface area (Å²) in [6.07, 6.45) is 4.03. The Kier molecular flexibility index (Phi) is 4.81. The standard InChI is InChI=1S/C18H29N3/c1-3-17(14-19-16-7-8-16)20-9-11-21(12-10-20)18-6-4-5-15(2)13-18/h4-6,13,16-17,19H,3,7-12,14H2,1-2H3. The van der Waals surface area contributed by atoms with Crippen molar-refractivity contribution in [2.45, 2.75) is 45.2 Å². The van der Waals surface area contributed by atoms with Gasteiger partial charge in [-0.25, -0.2) is 0 Å². The third-order valence-corrected chi connectivity index (χ3v) is 4.89. The summed E-state index contributed by atoms with van der Waals surface area (Å²) in [7, 11) is 0. The number of hydrogen-bond acceptors (Lipinski definition) is 3. The van der Waals surface area contributed by atoms with E-state index in [0.29, 0.717) is 6.04 Å². The summed E-state index contributed by atoms with van der Waals surface area (Å²) in [6, 6.07) is 10.4. The van der Waals surface area contributed by atoms with E-state index in [1.807, 2.05) is 0 Å². The van der Waals surface area contributed by atoms with E-state index in [1.165, 1.54) is 50.1 Å². The third kappa shape index (κ3) is 3.98. The quantitative estimate of drug-likeness (QED) is 0.868. The Morgan fingerprint density at radius 3 is 2.57 bits per heavy atom. The highest BCUT2D eigenvalue weighted by atomic mass is 15.3. The molecule has 1 unspecified atom stereocenters. The van der Waals surface area contributed by atoms with Crippen LogP contribution in [0.1, 0.15) is 31.7 Å². The molecule has 0 spiro atoms. The number of aryl methyl sites for hydroxylation is 1. The summed E-state index contributed by atoms with van der Waals surface area (Å²) in [5, 5.41) is 3.70. The molecule has 1 aliphatic carbocycles. The Hall–Kier alpha value is -1.06. The minimum atomic E-state index is 0.713. The van der Waals surface area contributed by atoms with E-state index in [4.69, 9.17) is 0 Å². The van der Waals surface area contributed by atoms with Gasteiger partial charge in [0.2, 0.25) is 0 Å². The van der Waals surface area contributed by atoms with Crippen LogP contribution in [-0.4, -0.2) is 49.7 Å². The molecule has 1 aromatic rings. The minimum absolute atomic E-state index is 0.713. The molecule has 3 heteroatoms. The Bertz CT molecular complexity index is 448. The van der Waals surface area contributed by atoms with Crippen LogP contribution in [0.4, 0.5) is 5.69 Å². The molecule has 1 N–H and O–H groups in total. The maximum absolute atomic E-state index is 3.70. The zero-order valence-corrected chi connectivity index (χ0v) is 13.5. The van der Waals surface area contributed by atoms with Gasteiger partial charge in [-0.3, -0.25) is 4.90 Å². The first-order valence-corrected chi connectivity index (χ1v) is 8.55. The average molecular weight is 287 g/mol. The van der Waals surface area contributed by atoms with E-state index in [2.05, 4.69) is 53.2 Å². The molecule has 3 nitrogen and oxygen atoms in total. The van der Waals surface area contributed by atoms with Gasteiger partial charge in [-0.15, -0.1) is 0 Å². The van der Waals surface area contributed by atoms with Gasteiger partial charge < -0.3 is 10.2 Å². The molecule has 0 radical (unpaired) electrons. The maximum atomic E-state index is 3.70. The lowest BCUT2D eigenvalue weighted by molar-refractivity contribution is 0.176. The zero-order chi connectivity index (χ0) is 14.7. The summed E-state index contributed by atoms with van der Waals surface area (Å²) in [4.78, 5) is 5.21. The number of hydrogen-bond donors (Lipinski definition) is 1. The lowest BCUT2D eigenvalue weighted by Gasteiger charge is -2.40. The highest BCUT2D eigenvalue weighted by Gasteiger charge is 2.26. The van der Waals surface area contributed by atoms with E-state index in [-0.39, 0.29) is 0 Å². The molecule has 2 fully saturated rings. The van der Waals surface area contributed by atoms with E-state index in [0.717, 1.165) is 19.1 Å². The van der Waals surface area contributed by atoms with Crippen molar-refractivity contribution < 1.29 is 0 Å². The van der Waals surface area contributed by atoms with Crippen LogP contribution >= 0.6 is 0 Å². The van der Waals surface area contributed by atoms with Crippen molar-refractivity contribution in [2.75, 3.05) is 37.6 Å². The van der Waals surface area contributed by atoms with Crippen molar-refractivity contribution in [2.24, 2.45) is 0 Å². The van der Waals surface area contributed by atoms with Gasteiger partial charge in [0.1, 0.15) is 0 Å². The summed E-state index contributed by atoms with van der Waals surface area (Å²) in [5.74, 6) is 0. The van der Waals surface area contributed by atoms with Gasteiger partial charge in [-0.05, 0) is 43.9 Å². The van der Waals surface area contributed by atoms with E-state index < -0.39 is 0 Å². The molecule has 0 bridgehead atoms. The smallest absolute Gasteiger partial charge is 0.0369 e. The molecule has 0 amide bonds.